The van der Waals surface area contributed by atoms with E-state index < -0.39 is 29.6 Å². The summed E-state index contributed by atoms with van der Waals surface area (Å²) in [5, 5.41) is 5.66. The molecule has 148 valence electrons. The molecule has 2 fully saturated rings. The molecular formula is C19H32N2O5. The summed E-state index contributed by atoms with van der Waals surface area (Å²) in [6, 6.07) is -0.865. The zero-order valence-corrected chi connectivity index (χ0v) is 16.3. The topological polar surface area (TPSA) is 93.7 Å². The zero-order chi connectivity index (χ0) is 19.3. The normalized spacial score (nSPS) is 27.4. The van der Waals surface area contributed by atoms with E-state index in [2.05, 4.69) is 10.6 Å². The molecule has 0 radical (unpaired) electrons. The van der Waals surface area contributed by atoms with Crippen LogP contribution in [0.25, 0.3) is 0 Å². The van der Waals surface area contributed by atoms with Crippen LogP contribution in [0.2, 0.25) is 0 Å². The highest BCUT2D eigenvalue weighted by atomic mass is 16.6. The summed E-state index contributed by atoms with van der Waals surface area (Å²) >= 11 is 0. The maximum absolute atomic E-state index is 12.8. The Morgan fingerprint density at radius 1 is 1.19 bits per heavy atom. The van der Waals surface area contributed by atoms with Crippen LogP contribution in [0.5, 0.6) is 0 Å². The molecule has 7 heteroatoms. The monoisotopic (exact) mass is 368 g/mol. The highest BCUT2D eigenvalue weighted by Gasteiger charge is 2.41. The van der Waals surface area contributed by atoms with E-state index in [0.717, 1.165) is 25.7 Å². The van der Waals surface area contributed by atoms with E-state index >= 15 is 0 Å². The predicted octanol–water partition coefficient (Wildman–Crippen LogP) is 2.53. The van der Waals surface area contributed by atoms with E-state index in [4.69, 9.17) is 9.47 Å². The van der Waals surface area contributed by atoms with E-state index in [1.165, 1.54) is 6.42 Å². The van der Waals surface area contributed by atoms with Crippen LogP contribution in [-0.2, 0) is 19.1 Å². The van der Waals surface area contributed by atoms with Gasteiger partial charge in [-0.3, -0.25) is 4.79 Å². The number of alkyl carbamates (subject to hydrolysis) is 1. The fourth-order valence-corrected chi connectivity index (χ4v) is 3.87. The molecule has 0 bridgehead atoms. The van der Waals surface area contributed by atoms with Gasteiger partial charge >= 0.3 is 12.1 Å². The maximum atomic E-state index is 12.8. The molecular weight excluding hydrogens is 336 g/mol. The van der Waals surface area contributed by atoms with Crippen LogP contribution in [0.4, 0.5) is 4.79 Å². The first-order valence-electron chi connectivity index (χ1n) is 9.67. The highest BCUT2D eigenvalue weighted by molar-refractivity contribution is 5.90. The largest absolute Gasteiger partial charge is 0.464 e. The summed E-state index contributed by atoms with van der Waals surface area (Å²) in [6.45, 7) is 7.12. The van der Waals surface area contributed by atoms with Gasteiger partial charge in [-0.25, -0.2) is 9.59 Å². The third-order valence-electron chi connectivity index (χ3n) is 5.04. The van der Waals surface area contributed by atoms with Crippen LogP contribution in [0, 0.1) is 11.8 Å². The van der Waals surface area contributed by atoms with Crippen LogP contribution < -0.4 is 10.6 Å². The Balaban J connectivity index is 2.13. The molecule has 0 spiro atoms. The molecule has 0 aromatic rings. The molecule has 1 saturated heterocycles. The van der Waals surface area contributed by atoms with Crippen molar-refractivity contribution in [3.63, 3.8) is 0 Å². The number of esters is 1. The number of carbonyl (C=O) groups excluding carboxylic acids is 3. The number of hydrogen-bond donors (Lipinski definition) is 2. The van der Waals surface area contributed by atoms with E-state index in [1.54, 1.807) is 27.7 Å². The fourth-order valence-electron chi connectivity index (χ4n) is 3.87. The molecule has 2 aliphatic rings. The van der Waals surface area contributed by atoms with Crippen molar-refractivity contribution in [1.82, 2.24) is 10.6 Å². The molecule has 1 saturated carbocycles. The lowest BCUT2D eigenvalue weighted by molar-refractivity contribution is -0.149. The van der Waals surface area contributed by atoms with Gasteiger partial charge in [0.2, 0.25) is 5.91 Å². The van der Waals surface area contributed by atoms with Crippen LogP contribution in [-0.4, -0.2) is 42.3 Å². The van der Waals surface area contributed by atoms with E-state index in [9.17, 15) is 14.4 Å². The standard InChI is InChI=1S/C19H32N2O5/c1-5-25-17(23)15(21-18(24)26-19(2,3)4)13-11-10-12-8-6-7-9-14(12)20-16(13)22/h12-15H,5-11H2,1-4H3,(H,20,22)(H,21,24). The molecule has 0 aromatic carbocycles. The summed E-state index contributed by atoms with van der Waals surface area (Å²) in [6.07, 6.45) is 5.06. The number of amides is 2. The van der Waals surface area contributed by atoms with Gasteiger partial charge in [-0.2, -0.15) is 0 Å². The molecule has 2 amide bonds. The van der Waals surface area contributed by atoms with Crippen LogP contribution in [0.1, 0.15) is 66.2 Å². The van der Waals surface area contributed by atoms with Crippen molar-refractivity contribution in [2.24, 2.45) is 11.8 Å². The second-order valence-electron chi connectivity index (χ2n) is 8.22. The third-order valence-corrected chi connectivity index (χ3v) is 5.04. The van der Waals surface area contributed by atoms with E-state index in [1.807, 2.05) is 0 Å². The van der Waals surface area contributed by atoms with Gasteiger partial charge in [0.05, 0.1) is 12.5 Å². The van der Waals surface area contributed by atoms with Gasteiger partial charge in [-0.1, -0.05) is 12.8 Å². The number of fused-ring (bicyclic) bond motifs is 1. The van der Waals surface area contributed by atoms with Crippen molar-refractivity contribution >= 4 is 18.0 Å². The van der Waals surface area contributed by atoms with Crippen molar-refractivity contribution in [1.29, 1.82) is 0 Å². The Bertz CT molecular complexity index is 529. The Hall–Kier alpha value is -1.79. The van der Waals surface area contributed by atoms with Gasteiger partial charge in [0.1, 0.15) is 11.6 Å². The Labute approximate surface area is 155 Å². The lowest BCUT2D eigenvalue weighted by atomic mass is 9.81. The first-order valence-corrected chi connectivity index (χ1v) is 9.67. The summed E-state index contributed by atoms with van der Waals surface area (Å²) in [7, 11) is 0. The minimum Gasteiger partial charge on any atom is -0.464 e. The summed E-state index contributed by atoms with van der Waals surface area (Å²) in [4.78, 5) is 37.4. The van der Waals surface area contributed by atoms with Crippen LogP contribution >= 0.6 is 0 Å². The molecule has 4 atom stereocenters. The first kappa shape index (κ1) is 20.5. The molecule has 26 heavy (non-hydrogen) atoms. The van der Waals surface area contributed by atoms with Crippen molar-refractivity contribution < 1.29 is 23.9 Å². The molecule has 1 heterocycles. The van der Waals surface area contributed by atoms with Crippen LogP contribution in [0.15, 0.2) is 0 Å². The second kappa shape index (κ2) is 8.73. The van der Waals surface area contributed by atoms with E-state index in [-0.39, 0.29) is 18.6 Å². The van der Waals surface area contributed by atoms with Gasteiger partial charge in [-0.15, -0.1) is 0 Å². The molecule has 2 N–H and O–H groups in total. The number of nitrogens with one attached hydrogen (secondary N) is 2. The van der Waals surface area contributed by atoms with Gasteiger partial charge in [0.15, 0.2) is 0 Å². The van der Waals surface area contributed by atoms with Gasteiger partial charge in [0, 0.05) is 6.04 Å². The van der Waals surface area contributed by atoms with Crippen molar-refractivity contribution in [2.75, 3.05) is 6.61 Å². The van der Waals surface area contributed by atoms with Crippen LogP contribution in [0.3, 0.4) is 0 Å². The smallest absolute Gasteiger partial charge is 0.408 e. The second-order valence-corrected chi connectivity index (χ2v) is 8.22. The lowest BCUT2D eigenvalue weighted by Gasteiger charge is -2.30. The quantitative estimate of drug-likeness (QED) is 0.744. The fraction of sp³-hybridized carbons (Fsp3) is 0.842. The molecule has 0 aromatic heterocycles. The molecule has 4 unspecified atom stereocenters. The number of carbonyl (C=O) groups is 3. The predicted molar refractivity (Wildman–Crippen MR) is 96.4 cm³/mol. The average Bonchev–Trinajstić information content (AvgIpc) is 2.69. The Morgan fingerprint density at radius 2 is 1.88 bits per heavy atom. The third kappa shape index (κ3) is 5.61. The molecule has 2 rings (SSSR count). The highest BCUT2D eigenvalue weighted by Crippen LogP contribution is 2.33. The van der Waals surface area contributed by atoms with E-state index in [0.29, 0.717) is 12.3 Å². The summed E-state index contributed by atoms with van der Waals surface area (Å²) in [5.74, 6) is -0.980. The summed E-state index contributed by atoms with van der Waals surface area (Å²) < 4.78 is 10.4. The Kier molecular flexibility index (Phi) is 6.89. The van der Waals surface area contributed by atoms with Gasteiger partial charge in [-0.05, 0) is 59.3 Å². The minimum absolute atomic E-state index is 0.172. The maximum Gasteiger partial charge on any atom is 0.408 e. The SMILES string of the molecule is CCOC(=O)C(NC(=O)OC(C)(C)C)C1CCC2CCCCC2NC1=O. The van der Waals surface area contributed by atoms with Crippen molar-refractivity contribution in [3.05, 3.63) is 0 Å². The molecule has 7 nitrogen and oxygen atoms in total. The number of rotatable bonds is 4. The lowest BCUT2D eigenvalue weighted by Crippen LogP contribution is -2.53. The van der Waals surface area contributed by atoms with Crippen molar-refractivity contribution in [2.45, 2.75) is 83.9 Å². The number of hydrogen-bond acceptors (Lipinski definition) is 5. The number of ether oxygens (including phenoxy) is 2. The Morgan fingerprint density at radius 3 is 2.54 bits per heavy atom. The minimum atomic E-state index is -1.04. The van der Waals surface area contributed by atoms with Gasteiger partial charge < -0.3 is 20.1 Å². The average molecular weight is 368 g/mol. The molecule has 1 aliphatic heterocycles. The summed E-state index contributed by atoms with van der Waals surface area (Å²) in [5.41, 5.74) is -0.691. The molecule has 1 aliphatic carbocycles. The van der Waals surface area contributed by atoms with Gasteiger partial charge in [0.25, 0.3) is 0 Å². The zero-order valence-electron chi connectivity index (χ0n) is 16.3. The van der Waals surface area contributed by atoms with Crippen molar-refractivity contribution in [3.8, 4) is 0 Å². The first-order chi connectivity index (χ1) is 12.2.